The van der Waals surface area contributed by atoms with Gasteiger partial charge in [0.1, 0.15) is 5.82 Å². The molecule has 1 unspecified atom stereocenters. The lowest BCUT2D eigenvalue weighted by Gasteiger charge is -2.15. The van der Waals surface area contributed by atoms with Crippen LogP contribution < -0.4 is 5.32 Å². The summed E-state index contributed by atoms with van der Waals surface area (Å²) >= 11 is 0. The maximum absolute atomic E-state index is 4.66. The van der Waals surface area contributed by atoms with E-state index in [1.807, 2.05) is 24.3 Å². The van der Waals surface area contributed by atoms with E-state index in [4.69, 9.17) is 0 Å². The molecule has 0 bridgehead atoms. The van der Waals surface area contributed by atoms with Crippen LogP contribution in [0.3, 0.4) is 0 Å². The quantitative estimate of drug-likeness (QED) is 0.727. The van der Waals surface area contributed by atoms with E-state index in [-0.39, 0.29) is 6.04 Å². The first kappa shape index (κ1) is 13.6. The number of aromatic nitrogens is 1. The number of hydrogen-bond donors (Lipinski definition) is 1. The van der Waals surface area contributed by atoms with E-state index in [0.29, 0.717) is 0 Å². The van der Waals surface area contributed by atoms with E-state index in [9.17, 15) is 0 Å². The molecule has 0 radical (unpaired) electrons. The summed E-state index contributed by atoms with van der Waals surface area (Å²) in [5.41, 5.74) is 3.67. The molecule has 3 rings (SSSR count). The molecule has 1 atom stereocenters. The van der Waals surface area contributed by atoms with Crippen molar-refractivity contribution in [1.29, 1.82) is 0 Å². The maximum atomic E-state index is 4.66. The van der Waals surface area contributed by atoms with Gasteiger partial charge in [-0.2, -0.15) is 0 Å². The summed E-state index contributed by atoms with van der Waals surface area (Å²) < 4.78 is 0. The van der Waals surface area contributed by atoms with Crippen molar-refractivity contribution in [3.8, 4) is 0 Å². The second-order valence-corrected chi connectivity index (χ2v) is 5.35. The van der Waals surface area contributed by atoms with E-state index in [0.717, 1.165) is 17.8 Å². The molecule has 2 aromatic carbocycles. The lowest BCUT2D eigenvalue weighted by Crippen LogP contribution is -2.07. The molecule has 1 heterocycles. The number of benzene rings is 2. The minimum atomic E-state index is 0.240. The molecule has 1 N–H and O–H groups in total. The number of para-hydroxylation sites is 1. The molecule has 0 saturated carbocycles. The average molecular weight is 276 g/mol. The average Bonchev–Trinajstić information content (AvgIpc) is 2.55. The van der Waals surface area contributed by atoms with Gasteiger partial charge >= 0.3 is 0 Å². The number of fused-ring (bicyclic) bond motifs is 1. The minimum Gasteiger partial charge on any atom is -0.364 e. The van der Waals surface area contributed by atoms with Gasteiger partial charge in [0, 0.05) is 11.4 Å². The smallest absolute Gasteiger partial charge is 0.127 e. The third-order valence-corrected chi connectivity index (χ3v) is 3.85. The standard InChI is InChI=1S/C19H20N2/c1-3-15-8-10-16(11-9-15)14(2)20-19-13-12-17-6-4-5-7-18(17)21-19/h4-14H,3H2,1-2H3,(H,20,21). The van der Waals surface area contributed by atoms with Crippen molar-refractivity contribution in [2.45, 2.75) is 26.3 Å². The second-order valence-electron chi connectivity index (χ2n) is 5.35. The monoisotopic (exact) mass is 276 g/mol. The predicted octanol–water partition coefficient (Wildman–Crippen LogP) is 4.97. The first-order valence-corrected chi connectivity index (χ1v) is 7.47. The Balaban J connectivity index is 1.79. The predicted molar refractivity (Wildman–Crippen MR) is 89.6 cm³/mol. The molecule has 1 aromatic heterocycles. The Bertz CT molecular complexity index is 732. The van der Waals surface area contributed by atoms with Crippen LogP contribution in [-0.2, 0) is 6.42 Å². The Hall–Kier alpha value is -2.35. The van der Waals surface area contributed by atoms with Crippen LogP contribution in [0.25, 0.3) is 10.9 Å². The maximum Gasteiger partial charge on any atom is 0.127 e. The first-order valence-electron chi connectivity index (χ1n) is 7.47. The van der Waals surface area contributed by atoms with Gasteiger partial charge in [-0.1, -0.05) is 49.4 Å². The van der Waals surface area contributed by atoms with Crippen molar-refractivity contribution >= 4 is 16.7 Å². The van der Waals surface area contributed by atoms with Crippen LogP contribution in [0, 0.1) is 0 Å². The lowest BCUT2D eigenvalue weighted by molar-refractivity contribution is 0.875. The summed E-state index contributed by atoms with van der Waals surface area (Å²) in [7, 11) is 0. The molecule has 0 saturated heterocycles. The molecule has 0 aliphatic rings. The number of hydrogen-bond acceptors (Lipinski definition) is 2. The largest absolute Gasteiger partial charge is 0.364 e. The van der Waals surface area contributed by atoms with Gasteiger partial charge in [-0.25, -0.2) is 4.98 Å². The fourth-order valence-electron chi connectivity index (χ4n) is 2.49. The lowest BCUT2D eigenvalue weighted by atomic mass is 10.1. The number of anilines is 1. The Morgan fingerprint density at radius 2 is 1.71 bits per heavy atom. The van der Waals surface area contributed by atoms with Crippen LogP contribution in [0.2, 0.25) is 0 Å². The topological polar surface area (TPSA) is 24.9 Å². The third-order valence-electron chi connectivity index (χ3n) is 3.85. The summed E-state index contributed by atoms with van der Waals surface area (Å²) in [4.78, 5) is 4.66. The Kier molecular flexibility index (Phi) is 3.87. The van der Waals surface area contributed by atoms with Gasteiger partial charge in [0.25, 0.3) is 0 Å². The highest BCUT2D eigenvalue weighted by Crippen LogP contribution is 2.21. The van der Waals surface area contributed by atoms with E-state index in [1.165, 1.54) is 16.5 Å². The molecule has 106 valence electrons. The normalized spacial score (nSPS) is 12.3. The molecule has 2 nitrogen and oxygen atoms in total. The summed E-state index contributed by atoms with van der Waals surface area (Å²) in [6.45, 7) is 4.34. The van der Waals surface area contributed by atoms with Gasteiger partial charge in [0.2, 0.25) is 0 Å². The van der Waals surface area contributed by atoms with Gasteiger partial charge in [-0.15, -0.1) is 0 Å². The molecule has 0 aliphatic heterocycles. The van der Waals surface area contributed by atoms with Crippen molar-refractivity contribution < 1.29 is 0 Å². The van der Waals surface area contributed by atoms with Crippen molar-refractivity contribution in [1.82, 2.24) is 4.98 Å². The number of nitrogens with one attached hydrogen (secondary N) is 1. The van der Waals surface area contributed by atoms with Gasteiger partial charge < -0.3 is 5.32 Å². The van der Waals surface area contributed by atoms with Gasteiger partial charge in [-0.05, 0) is 42.7 Å². The summed E-state index contributed by atoms with van der Waals surface area (Å²) in [6.07, 6.45) is 1.08. The highest BCUT2D eigenvalue weighted by Gasteiger charge is 2.06. The summed E-state index contributed by atoms with van der Waals surface area (Å²) in [5.74, 6) is 0.917. The molecule has 0 amide bonds. The Morgan fingerprint density at radius 1 is 0.952 bits per heavy atom. The fourth-order valence-corrected chi connectivity index (χ4v) is 2.49. The van der Waals surface area contributed by atoms with E-state index < -0.39 is 0 Å². The molecule has 0 aliphatic carbocycles. The highest BCUT2D eigenvalue weighted by molar-refractivity contribution is 5.80. The molecular formula is C19H20N2. The molecule has 3 aromatic rings. The minimum absolute atomic E-state index is 0.240. The van der Waals surface area contributed by atoms with Gasteiger partial charge in [-0.3, -0.25) is 0 Å². The molecular weight excluding hydrogens is 256 g/mol. The SMILES string of the molecule is CCc1ccc(C(C)Nc2ccc3ccccc3n2)cc1. The number of aryl methyl sites for hydroxylation is 1. The van der Waals surface area contributed by atoms with Crippen LogP contribution in [0.4, 0.5) is 5.82 Å². The Morgan fingerprint density at radius 3 is 2.48 bits per heavy atom. The summed E-state index contributed by atoms with van der Waals surface area (Å²) in [5, 5.41) is 4.65. The van der Waals surface area contributed by atoms with Crippen molar-refractivity contribution in [3.63, 3.8) is 0 Å². The van der Waals surface area contributed by atoms with Crippen LogP contribution in [0.5, 0.6) is 0 Å². The fraction of sp³-hybridized carbons (Fsp3) is 0.211. The zero-order valence-electron chi connectivity index (χ0n) is 12.5. The van der Waals surface area contributed by atoms with Gasteiger partial charge in [0.05, 0.1) is 5.52 Å². The van der Waals surface area contributed by atoms with Gasteiger partial charge in [0.15, 0.2) is 0 Å². The number of nitrogens with zero attached hydrogens (tertiary/aromatic N) is 1. The third kappa shape index (κ3) is 3.05. The molecule has 0 fully saturated rings. The first-order chi connectivity index (χ1) is 10.3. The zero-order valence-corrected chi connectivity index (χ0v) is 12.5. The van der Waals surface area contributed by atoms with Crippen molar-refractivity contribution in [2.24, 2.45) is 0 Å². The van der Waals surface area contributed by atoms with Crippen LogP contribution in [-0.4, -0.2) is 4.98 Å². The Labute approximate surface area is 125 Å². The highest BCUT2D eigenvalue weighted by atomic mass is 15.0. The van der Waals surface area contributed by atoms with E-state index in [1.54, 1.807) is 0 Å². The molecule has 0 spiro atoms. The van der Waals surface area contributed by atoms with Crippen molar-refractivity contribution in [3.05, 3.63) is 71.8 Å². The number of pyridine rings is 1. The van der Waals surface area contributed by atoms with Crippen molar-refractivity contribution in [2.75, 3.05) is 5.32 Å². The number of rotatable bonds is 4. The van der Waals surface area contributed by atoms with E-state index >= 15 is 0 Å². The molecule has 2 heteroatoms. The van der Waals surface area contributed by atoms with E-state index in [2.05, 4.69) is 60.5 Å². The second kappa shape index (κ2) is 5.96. The van der Waals surface area contributed by atoms with Crippen LogP contribution in [0.15, 0.2) is 60.7 Å². The van der Waals surface area contributed by atoms with Crippen LogP contribution in [0.1, 0.15) is 31.0 Å². The zero-order chi connectivity index (χ0) is 14.7. The summed E-state index contributed by atoms with van der Waals surface area (Å²) in [6, 6.07) is 21.3. The molecule has 21 heavy (non-hydrogen) atoms. The van der Waals surface area contributed by atoms with Crippen LogP contribution >= 0.6 is 0 Å².